The number of piperidine rings is 2. The summed E-state index contributed by atoms with van der Waals surface area (Å²) in [6, 6.07) is 32.9. The molecule has 0 radical (unpaired) electrons. The van der Waals surface area contributed by atoms with Gasteiger partial charge in [0.25, 0.3) is 0 Å². The van der Waals surface area contributed by atoms with Crippen molar-refractivity contribution in [3.63, 3.8) is 0 Å². The summed E-state index contributed by atoms with van der Waals surface area (Å²) >= 11 is 0. The Balaban J connectivity index is 0.00000372. The molecule has 7 rings (SSSR count). The molecular formula is C38H42ClN5O2. The summed E-state index contributed by atoms with van der Waals surface area (Å²) in [5.41, 5.74) is 4.27. The number of nitrogens with one attached hydrogen (secondary N) is 1. The molecule has 1 N–H and O–H groups in total. The van der Waals surface area contributed by atoms with E-state index in [4.69, 9.17) is 4.98 Å². The van der Waals surface area contributed by atoms with Crippen molar-refractivity contribution in [3.05, 3.63) is 103 Å². The first-order chi connectivity index (χ1) is 22.0. The molecule has 238 valence electrons. The Labute approximate surface area is 277 Å². The smallest absolute Gasteiger partial charge is 0.245 e. The Bertz CT molecular complexity index is 1810. The van der Waals surface area contributed by atoms with E-state index >= 15 is 0 Å². The number of hydrogen-bond acceptors (Lipinski definition) is 4. The van der Waals surface area contributed by atoms with Crippen molar-refractivity contribution in [2.45, 2.75) is 44.2 Å². The zero-order chi connectivity index (χ0) is 30.8. The van der Waals surface area contributed by atoms with Crippen LogP contribution in [0.3, 0.4) is 0 Å². The van der Waals surface area contributed by atoms with Crippen molar-refractivity contribution in [1.29, 1.82) is 0 Å². The molecule has 46 heavy (non-hydrogen) atoms. The van der Waals surface area contributed by atoms with Crippen LogP contribution in [0.15, 0.2) is 97.1 Å². The average molecular weight is 636 g/mol. The van der Waals surface area contributed by atoms with E-state index in [1.165, 1.54) is 5.39 Å². The fourth-order valence-electron chi connectivity index (χ4n) is 7.13. The maximum atomic E-state index is 14.2. The van der Waals surface area contributed by atoms with E-state index in [0.29, 0.717) is 19.5 Å². The number of likely N-dealkylation sites (tertiary alicyclic amines) is 2. The zero-order valence-corrected chi connectivity index (χ0v) is 27.2. The number of carbonyl (C=O) groups is 2. The zero-order valence-electron chi connectivity index (χ0n) is 26.3. The van der Waals surface area contributed by atoms with E-state index in [-0.39, 0.29) is 36.2 Å². The normalized spacial score (nSPS) is 17.1. The molecule has 8 heteroatoms. The summed E-state index contributed by atoms with van der Waals surface area (Å²) in [6.45, 7) is 3.09. The molecule has 1 aromatic heterocycles. The van der Waals surface area contributed by atoms with Gasteiger partial charge in [0.2, 0.25) is 11.8 Å². The topological polar surface area (TPSA) is 70.5 Å². The molecule has 2 aliphatic heterocycles. The van der Waals surface area contributed by atoms with Crippen LogP contribution in [0.1, 0.15) is 37.3 Å². The van der Waals surface area contributed by atoms with Gasteiger partial charge in [-0.05, 0) is 74.3 Å². The maximum Gasteiger partial charge on any atom is 0.245 e. The molecule has 3 heterocycles. The van der Waals surface area contributed by atoms with Crippen molar-refractivity contribution < 1.29 is 9.59 Å². The summed E-state index contributed by atoms with van der Waals surface area (Å²) < 4.78 is 2.38. The molecule has 2 fully saturated rings. The Kier molecular flexibility index (Phi) is 9.71. The van der Waals surface area contributed by atoms with Crippen LogP contribution < -0.4 is 5.32 Å². The van der Waals surface area contributed by atoms with Crippen molar-refractivity contribution in [2.24, 2.45) is 5.92 Å². The van der Waals surface area contributed by atoms with E-state index in [0.717, 1.165) is 72.1 Å². The Morgan fingerprint density at radius 3 is 2.24 bits per heavy atom. The minimum Gasteiger partial charge on any atom is -0.344 e. The number of para-hydroxylation sites is 2. The lowest BCUT2D eigenvalue weighted by Gasteiger charge is -2.36. The number of imidazole rings is 1. The number of benzene rings is 4. The standard InChI is InChI=1S/C38H41N5O2.ClH/c1-41-21-17-30(18-22-41)37(44)40-34(26-27-15-16-28-9-5-6-12-31(28)25-27)38(45)42-23-19-32(20-24-42)43-35-14-8-7-13-33(35)39-36(43)29-10-3-2-4-11-29;/h2-16,25,30,32,34H,17-24,26H2,1H3,(H,40,44);1H/t34-;/m1./s1. The maximum absolute atomic E-state index is 14.2. The number of halogens is 1. The summed E-state index contributed by atoms with van der Waals surface area (Å²) in [7, 11) is 2.10. The molecule has 2 aliphatic rings. The minimum atomic E-state index is -0.594. The number of hydrogen-bond donors (Lipinski definition) is 1. The molecular weight excluding hydrogens is 594 g/mol. The predicted molar refractivity (Wildman–Crippen MR) is 187 cm³/mol. The van der Waals surface area contributed by atoms with Gasteiger partial charge < -0.3 is 19.7 Å². The van der Waals surface area contributed by atoms with Gasteiger partial charge in [-0.1, -0.05) is 84.9 Å². The van der Waals surface area contributed by atoms with Gasteiger partial charge in [0.1, 0.15) is 11.9 Å². The third-order valence-corrected chi connectivity index (χ3v) is 9.73. The molecule has 0 saturated carbocycles. The molecule has 2 amide bonds. The van der Waals surface area contributed by atoms with Crippen LogP contribution in [-0.4, -0.2) is 70.4 Å². The molecule has 0 unspecified atom stereocenters. The van der Waals surface area contributed by atoms with Crippen LogP contribution in [0.4, 0.5) is 0 Å². The highest BCUT2D eigenvalue weighted by Crippen LogP contribution is 2.33. The fraction of sp³-hybridized carbons (Fsp3) is 0.342. The molecule has 5 aromatic rings. The van der Waals surface area contributed by atoms with E-state index in [1.54, 1.807) is 0 Å². The number of rotatable bonds is 7. The van der Waals surface area contributed by atoms with Crippen molar-refractivity contribution in [1.82, 2.24) is 24.7 Å². The van der Waals surface area contributed by atoms with Crippen LogP contribution in [0, 0.1) is 5.92 Å². The van der Waals surface area contributed by atoms with Gasteiger partial charge in [-0.2, -0.15) is 0 Å². The van der Waals surface area contributed by atoms with E-state index in [1.807, 2.05) is 29.2 Å². The van der Waals surface area contributed by atoms with Gasteiger partial charge in [-0.15, -0.1) is 12.4 Å². The first-order valence-electron chi connectivity index (χ1n) is 16.3. The van der Waals surface area contributed by atoms with Crippen molar-refractivity contribution in [2.75, 3.05) is 33.2 Å². The number of carbonyl (C=O) groups excluding carboxylic acids is 2. The highest BCUT2D eigenvalue weighted by atomic mass is 35.5. The number of aromatic nitrogens is 2. The first-order valence-corrected chi connectivity index (χ1v) is 16.3. The highest BCUT2D eigenvalue weighted by Gasteiger charge is 2.33. The minimum absolute atomic E-state index is 0. The lowest BCUT2D eigenvalue weighted by Crippen LogP contribution is -2.53. The number of fused-ring (bicyclic) bond motifs is 2. The fourth-order valence-corrected chi connectivity index (χ4v) is 7.13. The Morgan fingerprint density at radius 1 is 0.804 bits per heavy atom. The highest BCUT2D eigenvalue weighted by molar-refractivity contribution is 5.89. The van der Waals surface area contributed by atoms with Gasteiger partial charge in [0.05, 0.1) is 11.0 Å². The van der Waals surface area contributed by atoms with Gasteiger partial charge in [-0.3, -0.25) is 9.59 Å². The lowest BCUT2D eigenvalue weighted by atomic mass is 9.94. The molecule has 0 aliphatic carbocycles. The Morgan fingerprint density at radius 2 is 1.48 bits per heavy atom. The van der Waals surface area contributed by atoms with Crippen molar-refractivity contribution >= 4 is 46.0 Å². The molecule has 0 spiro atoms. The van der Waals surface area contributed by atoms with E-state index < -0.39 is 6.04 Å². The van der Waals surface area contributed by atoms with Crippen LogP contribution in [-0.2, 0) is 16.0 Å². The SMILES string of the molecule is CN1CCC(C(=O)N[C@H](Cc2ccc3ccccc3c2)C(=O)N2CCC(n3c(-c4ccccc4)nc4ccccc43)CC2)CC1.Cl. The Hall–Kier alpha value is -4.20. The van der Waals surface area contributed by atoms with E-state index in [9.17, 15) is 9.59 Å². The van der Waals surface area contributed by atoms with Crippen LogP contribution >= 0.6 is 12.4 Å². The summed E-state index contributed by atoms with van der Waals surface area (Å²) in [5, 5.41) is 5.54. The summed E-state index contributed by atoms with van der Waals surface area (Å²) in [4.78, 5) is 37.0. The quantitative estimate of drug-likeness (QED) is 0.221. The second-order valence-electron chi connectivity index (χ2n) is 12.7. The molecule has 4 aromatic carbocycles. The number of nitrogens with zero attached hydrogens (tertiary/aromatic N) is 4. The van der Waals surface area contributed by atoms with Gasteiger partial charge in [0, 0.05) is 37.0 Å². The van der Waals surface area contributed by atoms with Gasteiger partial charge in [-0.25, -0.2) is 4.98 Å². The third kappa shape index (κ3) is 6.67. The van der Waals surface area contributed by atoms with Crippen molar-refractivity contribution in [3.8, 4) is 11.4 Å². The second-order valence-corrected chi connectivity index (χ2v) is 12.7. The monoisotopic (exact) mass is 635 g/mol. The van der Waals surface area contributed by atoms with E-state index in [2.05, 4.69) is 94.6 Å². The summed E-state index contributed by atoms with van der Waals surface area (Å²) in [5.74, 6) is 0.946. The van der Waals surface area contributed by atoms with Gasteiger partial charge >= 0.3 is 0 Å². The first kappa shape index (κ1) is 31.8. The summed E-state index contributed by atoms with van der Waals surface area (Å²) in [6.07, 6.45) is 3.79. The molecule has 2 saturated heterocycles. The second kappa shape index (κ2) is 14.1. The lowest BCUT2D eigenvalue weighted by molar-refractivity contribution is -0.138. The molecule has 7 nitrogen and oxygen atoms in total. The predicted octanol–water partition coefficient (Wildman–Crippen LogP) is 6.51. The van der Waals surface area contributed by atoms with Crippen LogP contribution in [0.2, 0.25) is 0 Å². The number of amides is 2. The molecule has 0 bridgehead atoms. The molecule has 1 atom stereocenters. The largest absolute Gasteiger partial charge is 0.344 e. The third-order valence-electron chi connectivity index (χ3n) is 9.73. The van der Waals surface area contributed by atoms with Crippen LogP contribution in [0.5, 0.6) is 0 Å². The van der Waals surface area contributed by atoms with Crippen LogP contribution in [0.25, 0.3) is 33.2 Å². The van der Waals surface area contributed by atoms with Gasteiger partial charge in [0.15, 0.2) is 0 Å². The average Bonchev–Trinajstić information content (AvgIpc) is 3.48.